The minimum atomic E-state index is -0.0699. The Morgan fingerprint density at radius 2 is 1.87 bits per heavy atom. The molecular formula is C13H17NO. The topological polar surface area (TPSA) is 29.1 Å². The fourth-order valence-corrected chi connectivity index (χ4v) is 2.23. The van der Waals surface area contributed by atoms with Crippen molar-refractivity contribution >= 4 is 5.91 Å². The summed E-state index contributed by atoms with van der Waals surface area (Å²) in [4.78, 5) is 11.2. The van der Waals surface area contributed by atoms with Gasteiger partial charge in [0.25, 0.3) is 0 Å². The Kier molecular flexibility index (Phi) is 2.51. The number of hydrogen-bond donors (Lipinski definition) is 1. The molecule has 2 rings (SSSR count). The highest BCUT2D eigenvalue weighted by Gasteiger charge is 2.39. The Balaban J connectivity index is 2.26. The van der Waals surface area contributed by atoms with Crippen molar-refractivity contribution in [3.63, 3.8) is 0 Å². The van der Waals surface area contributed by atoms with E-state index >= 15 is 0 Å². The van der Waals surface area contributed by atoms with Crippen molar-refractivity contribution < 1.29 is 4.79 Å². The van der Waals surface area contributed by atoms with Crippen LogP contribution in [-0.2, 0) is 10.3 Å². The lowest BCUT2D eigenvalue weighted by Gasteiger charge is -2.43. The lowest BCUT2D eigenvalue weighted by Crippen LogP contribution is -2.50. The second-order valence-corrected chi connectivity index (χ2v) is 4.48. The van der Waals surface area contributed by atoms with Crippen LogP contribution in [-0.4, -0.2) is 5.91 Å². The molecule has 0 spiro atoms. The van der Waals surface area contributed by atoms with E-state index in [1.165, 1.54) is 17.5 Å². The van der Waals surface area contributed by atoms with Crippen molar-refractivity contribution in [3.8, 4) is 0 Å². The van der Waals surface area contributed by atoms with E-state index in [-0.39, 0.29) is 11.4 Å². The lowest BCUT2D eigenvalue weighted by molar-refractivity contribution is -0.122. The molecule has 1 amide bonds. The van der Waals surface area contributed by atoms with Crippen LogP contribution in [0.1, 0.15) is 37.3 Å². The minimum absolute atomic E-state index is 0.0651. The zero-order chi connectivity index (χ0) is 10.9. The number of hydrogen-bond acceptors (Lipinski definition) is 1. The summed E-state index contributed by atoms with van der Waals surface area (Å²) in [6, 6.07) is 8.48. The molecule has 0 aliphatic heterocycles. The van der Waals surface area contributed by atoms with Gasteiger partial charge in [0, 0.05) is 6.92 Å². The summed E-state index contributed by atoms with van der Waals surface area (Å²) in [6.45, 7) is 3.67. The van der Waals surface area contributed by atoms with Crippen LogP contribution in [0.15, 0.2) is 24.3 Å². The number of rotatable bonds is 2. The zero-order valence-electron chi connectivity index (χ0n) is 9.34. The van der Waals surface area contributed by atoms with Crippen LogP contribution in [0.5, 0.6) is 0 Å². The maximum absolute atomic E-state index is 11.2. The first-order chi connectivity index (χ1) is 7.12. The summed E-state index contributed by atoms with van der Waals surface area (Å²) >= 11 is 0. The Morgan fingerprint density at radius 1 is 1.27 bits per heavy atom. The standard InChI is InChI=1S/C13H17NO/c1-10-4-6-12(7-5-10)13(8-3-9-13)14-11(2)15/h4-7H,3,8-9H2,1-2H3,(H,14,15). The number of carbonyl (C=O) groups excluding carboxylic acids is 1. The van der Waals surface area contributed by atoms with Gasteiger partial charge >= 0.3 is 0 Å². The van der Waals surface area contributed by atoms with Gasteiger partial charge in [-0.05, 0) is 31.7 Å². The summed E-state index contributed by atoms with van der Waals surface area (Å²) in [5.41, 5.74) is 2.44. The molecule has 0 bridgehead atoms. The number of carbonyl (C=O) groups is 1. The van der Waals surface area contributed by atoms with Crippen molar-refractivity contribution in [2.45, 2.75) is 38.6 Å². The van der Waals surface area contributed by atoms with E-state index in [1.807, 2.05) is 0 Å². The maximum Gasteiger partial charge on any atom is 0.217 e. The van der Waals surface area contributed by atoms with E-state index in [9.17, 15) is 4.79 Å². The highest BCUT2D eigenvalue weighted by molar-refractivity contribution is 5.74. The van der Waals surface area contributed by atoms with Crippen molar-refractivity contribution in [2.75, 3.05) is 0 Å². The summed E-state index contributed by atoms with van der Waals surface area (Å²) in [5.74, 6) is 0.0651. The van der Waals surface area contributed by atoms with Gasteiger partial charge in [0.2, 0.25) is 5.91 Å². The molecule has 1 fully saturated rings. The number of nitrogens with one attached hydrogen (secondary N) is 1. The van der Waals surface area contributed by atoms with Crippen LogP contribution < -0.4 is 5.32 Å². The molecule has 0 radical (unpaired) electrons. The van der Waals surface area contributed by atoms with Crippen LogP contribution in [0.25, 0.3) is 0 Å². The molecule has 1 N–H and O–H groups in total. The van der Waals surface area contributed by atoms with Crippen molar-refractivity contribution in [3.05, 3.63) is 35.4 Å². The molecule has 0 atom stereocenters. The smallest absolute Gasteiger partial charge is 0.217 e. The second-order valence-electron chi connectivity index (χ2n) is 4.48. The van der Waals surface area contributed by atoms with Gasteiger partial charge in [0.05, 0.1) is 5.54 Å². The van der Waals surface area contributed by atoms with Gasteiger partial charge in [-0.1, -0.05) is 29.8 Å². The molecule has 0 aromatic heterocycles. The monoisotopic (exact) mass is 203 g/mol. The third kappa shape index (κ3) is 1.89. The van der Waals surface area contributed by atoms with Gasteiger partial charge in [-0.2, -0.15) is 0 Å². The Hall–Kier alpha value is -1.31. The average Bonchev–Trinajstić information content (AvgIpc) is 2.13. The molecule has 0 heterocycles. The van der Waals surface area contributed by atoms with Gasteiger partial charge < -0.3 is 5.32 Å². The molecule has 15 heavy (non-hydrogen) atoms. The van der Waals surface area contributed by atoms with Gasteiger partial charge in [-0.3, -0.25) is 4.79 Å². The molecular weight excluding hydrogens is 186 g/mol. The fraction of sp³-hybridized carbons (Fsp3) is 0.462. The molecule has 2 nitrogen and oxygen atoms in total. The predicted molar refractivity (Wildman–Crippen MR) is 60.5 cm³/mol. The van der Waals surface area contributed by atoms with Gasteiger partial charge in [0.1, 0.15) is 0 Å². The van der Waals surface area contributed by atoms with E-state index in [0.717, 1.165) is 12.8 Å². The molecule has 1 aromatic rings. The molecule has 1 aromatic carbocycles. The first kappa shape index (κ1) is 10.2. The molecule has 1 saturated carbocycles. The second kappa shape index (κ2) is 3.69. The quantitative estimate of drug-likeness (QED) is 0.786. The van der Waals surface area contributed by atoms with Crippen LogP contribution in [0.2, 0.25) is 0 Å². The highest BCUT2D eigenvalue weighted by Crippen LogP contribution is 2.41. The minimum Gasteiger partial charge on any atom is -0.347 e. The summed E-state index contributed by atoms with van der Waals surface area (Å²) < 4.78 is 0. The van der Waals surface area contributed by atoms with Gasteiger partial charge in [0.15, 0.2) is 0 Å². The van der Waals surface area contributed by atoms with Crippen molar-refractivity contribution in [2.24, 2.45) is 0 Å². The lowest BCUT2D eigenvalue weighted by atomic mass is 9.71. The summed E-state index contributed by atoms with van der Waals surface area (Å²) in [7, 11) is 0. The van der Waals surface area contributed by atoms with Crippen molar-refractivity contribution in [1.29, 1.82) is 0 Å². The predicted octanol–water partition coefficient (Wildman–Crippen LogP) is 2.51. The Morgan fingerprint density at radius 3 is 2.27 bits per heavy atom. The third-order valence-corrected chi connectivity index (χ3v) is 3.23. The normalized spacial score (nSPS) is 18.0. The first-order valence-corrected chi connectivity index (χ1v) is 5.48. The fourth-order valence-electron chi connectivity index (χ4n) is 2.23. The van der Waals surface area contributed by atoms with Gasteiger partial charge in [-0.15, -0.1) is 0 Å². The molecule has 0 unspecified atom stereocenters. The molecule has 80 valence electrons. The molecule has 0 saturated heterocycles. The van der Waals surface area contributed by atoms with Gasteiger partial charge in [-0.25, -0.2) is 0 Å². The highest BCUT2D eigenvalue weighted by atomic mass is 16.1. The van der Waals surface area contributed by atoms with Crippen LogP contribution >= 0.6 is 0 Å². The SMILES string of the molecule is CC(=O)NC1(c2ccc(C)cc2)CCC1. The van der Waals surface area contributed by atoms with Crippen LogP contribution in [0, 0.1) is 6.92 Å². The summed E-state index contributed by atoms with van der Waals surface area (Å²) in [6.07, 6.45) is 3.33. The molecule has 1 aliphatic carbocycles. The number of amides is 1. The molecule has 2 heteroatoms. The van der Waals surface area contributed by atoms with Crippen molar-refractivity contribution in [1.82, 2.24) is 5.32 Å². The maximum atomic E-state index is 11.2. The Labute approximate surface area is 90.7 Å². The number of aryl methyl sites for hydroxylation is 1. The van der Waals surface area contributed by atoms with E-state index in [4.69, 9.17) is 0 Å². The number of benzene rings is 1. The Bertz CT molecular complexity index is 363. The van der Waals surface area contributed by atoms with Crippen LogP contribution in [0.4, 0.5) is 0 Å². The van der Waals surface area contributed by atoms with E-state index in [0.29, 0.717) is 0 Å². The zero-order valence-corrected chi connectivity index (χ0v) is 9.34. The summed E-state index contributed by atoms with van der Waals surface area (Å²) in [5, 5.41) is 3.09. The first-order valence-electron chi connectivity index (χ1n) is 5.48. The molecule has 1 aliphatic rings. The average molecular weight is 203 g/mol. The largest absolute Gasteiger partial charge is 0.347 e. The van der Waals surface area contributed by atoms with E-state index in [1.54, 1.807) is 6.92 Å². The van der Waals surface area contributed by atoms with Crippen LogP contribution in [0.3, 0.4) is 0 Å². The third-order valence-electron chi connectivity index (χ3n) is 3.23. The van der Waals surface area contributed by atoms with E-state index in [2.05, 4.69) is 36.5 Å². The van der Waals surface area contributed by atoms with E-state index < -0.39 is 0 Å².